The number of aryl methyl sites for hydroxylation is 1. The Balaban J connectivity index is 1.93. The first-order valence-corrected chi connectivity index (χ1v) is 12.9. The molecule has 0 fully saturated rings. The van der Waals surface area contributed by atoms with Crippen LogP contribution in [0.2, 0.25) is 0 Å². The summed E-state index contributed by atoms with van der Waals surface area (Å²) < 4.78 is 5.79. The molecule has 37 heavy (non-hydrogen) atoms. The summed E-state index contributed by atoms with van der Waals surface area (Å²) in [4.78, 5) is 26.4. The number of fused-ring (bicyclic) bond motifs is 1. The van der Waals surface area contributed by atoms with Crippen LogP contribution in [0.1, 0.15) is 68.7 Å². The smallest absolute Gasteiger partial charge is 0.346 e. The number of carboxylic acids is 1. The van der Waals surface area contributed by atoms with Crippen molar-refractivity contribution in [3.05, 3.63) is 80.7 Å². The van der Waals surface area contributed by atoms with Crippen molar-refractivity contribution in [2.75, 3.05) is 18.0 Å². The van der Waals surface area contributed by atoms with Crippen molar-refractivity contribution in [2.24, 2.45) is 0 Å². The molecule has 0 spiro atoms. The van der Waals surface area contributed by atoms with Crippen LogP contribution in [0.4, 0.5) is 5.69 Å². The van der Waals surface area contributed by atoms with Crippen LogP contribution < -0.4 is 10.5 Å². The number of anilines is 1. The van der Waals surface area contributed by atoms with Crippen LogP contribution in [0.3, 0.4) is 0 Å². The van der Waals surface area contributed by atoms with E-state index in [1.54, 1.807) is 36.4 Å². The second kappa shape index (κ2) is 13.3. The molecule has 6 nitrogen and oxygen atoms in total. The fraction of sp³-hybridized carbons (Fsp3) is 0.323. The minimum Gasteiger partial charge on any atom is -0.477 e. The monoisotopic (exact) mass is 498 g/mol. The van der Waals surface area contributed by atoms with Crippen molar-refractivity contribution in [3.8, 4) is 6.07 Å². The molecular formula is C31H34N2O4. The third-order valence-corrected chi connectivity index (χ3v) is 6.36. The van der Waals surface area contributed by atoms with Gasteiger partial charge in [0.15, 0.2) is 0 Å². The lowest BCUT2D eigenvalue weighted by atomic mass is 10.0. The van der Waals surface area contributed by atoms with Crippen LogP contribution in [0.15, 0.2) is 57.2 Å². The number of carbonyl (C=O) groups is 1. The minimum absolute atomic E-state index is 0.327. The molecule has 3 rings (SSSR count). The van der Waals surface area contributed by atoms with Crippen molar-refractivity contribution in [1.82, 2.24) is 0 Å². The fourth-order valence-corrected chi connectivity index (χ4v) is 4.27. The lowest BCUT2D eigenvalue weighted by molar-refractivity contribution is -0.132. The van der Waals surface area contributed by atoms with Crippen molar-refractivity contribution in [3.63, 3.8) is 0 Å². The van der Waals surface area contributed by atoms with E-state index >= 15 is 0 Å². The summed E-state index contributed by atoms with van der Waals surface area (Å²) in [5.41, 5.74) is 3.92. The van der Waals surface area contributed by atoms with Gasteiger partial charge in [-0.25, -0.2) is 9.59 Å². The molecule has 0 saturated heterocycles. The maximum absolute atomic E-state index is 13.0. The van der Waals surface area contributed by atoms with E-state index in [0.29, 0.717) is 23.1 Å². The van der Waals surface area contributed by atoms with Gasteiger partial charge < -0.3 is 14.4 Å². The topological polar surface area (TPSA) is 94.5 Å². The van der Waals surface area contributed by atoms with Crippen LogP contribution in [0.25, 0.3) is 29.2 Å². The molecule has 0 aliphatic rings. The van der Waals surface area contributed by atoms with E-state index in [-0.39, 0.29) is 11.2 Å². The molecule has 1 N–H and O–H groups in total. The number of unbranched alkanes of at least 4 members (excludes halogenated alkanes) is 2. The standard InChI is InChI=1S/C31H34N2O4/c1-4-7-17-33(18-8-5-2)25-14-16-27-26(6-3)28(31(36)37-29(27)20-25)15-13-22-9-11-23(12-10-22)19-24(21-32)30(34)35/h9-16,19-20H,4-8,17-18H2,1-3H3,(H,34,35)/b15-13+,24-19+. The second-order valence-corrected chi connectivity index (χ2v) is 8.98. The summed E-state index contributed by atoms with van der Waals surface area (Å²) >= 11 is 0. The van der Waals surface area contributed by atoms with Crippen molar-refractivity contribution in [1.29, 1.82) is 5.26 Å². The molecule has 0 aliphatic carbocycles. The maximum Gasteiger partial charge on any atom is 0.346 e. The number of hydrogen-bond acceptors (Lipinski definition) is 5. The van der Waals surface area contributed by atoms with E-state index in [0.717, 1.165) is 61.0 Å². The molecule has 0 saturated carbocycles. The highest BCUT2D eigenvalue weighted by atomic mass is 16.4. The Hall–Kier alpha value is -4.11. The zero-order valence-corrected chi connectivity index (χ0v) is 21.8. The van der Waals surface area contributed by atoms with Gasteiger partial charge in [-0.2, -0.15) is 5.26 Å². The predicted molar refractivity (Wildman–Crippen MR) is 150 cm³/mol. The van der Waals surface area contributed by atoms with E-state index in [9.17, 15) is 9.59 Å². The molecule has 0 radical (unpaired) electrons. The second-order valence-electron chi connectivity index (χ2n) is 8.98. The number of hydrogen-bond donors (Lipinski definition) is 1. The zero-order valence-electron chi connectivity index (χ0n) is 21.8. The summed E-state index contributed by atoms with van der Waals surface area (Å²) in [6, 6.07) is 14.9. The van der Waals surface area contributed by atoms with Gasteiger partial charge in [-0.1, -0.05) is 64.0 Å². The quantitative estimate of drug-likeness (QED) is 0.165. The Bertz CT molecular complexity index is 1380. The molecule has 1 aromatic heterocycles. The summed E-state index contributed by atoms with van der Waals surface area (Å²) in [5, 5.41) is 18.9. The van der Waals surface area contributed by atoms with Gasteiger partial charge in [0.05, 0.1) is 5.56 Å². The Morgan fingerprint density at radius 2 is 1.65 bits per heavy atom. The Morgan fingerprint density at radius 3 is 2.22 bits per heavy atom. The molecule has 192 valence electrons. The Kier molecular flexibility index (Phi) is 9.85. The molecule has 1 heterocycles. The normalized spacial score (nSPS) is 11.7. The van der Waals surface area contributed by atoms with Crippen LogP contribution in [0, 0.1) is 11.3 Å². The number of nitriles is 1. The zero-order chi connectivity index (χ0) is 26.8. The van der Waals surface area contributed by atoms with Gasteiger partial charge >= 0.3 is 11.6 Å². The third kappa shape index (κ3) is 6.98. The predicted octanol–water partition coefficient (Wildman–Crippen LogP) is 6.92. The van der Waals surface area contributed by atoms with E-state index in [2.05, 4.69) is 30.9 Å². The van der Waals surface area contributed by atoms with Gasteiger partial charge in [0, 0.05) is 30.2 Å². The van der Waals surface area contributed by atoms with Crippen LogP contribution >= 0.6 is 0 Å². The van der Waals surface area contributed by atoms with E-state index in [1.807, 2.05) is 19.1 Å². The molecule has 0 atom stereocenters. The van der Waals surface area contributed by atoms with Gasteiger partial charge in [0.1, 0.15) is 17.2 Å². The van der Waals surface area contributed by atoms with Crippen molar-refractivity contribution < 1.29 is 14.3 Å². The highest BCUT2D eigenvalue weighted by Crippen LogP contribution is 2.27. The van der Waals surface area contributed by atoms with Crippen molar-refractivity contribution in [2.45, 2.75) is 52.9 Å². The van der Waals surface area contributed by atoms with Crippen LogP contribution in [-0.2, 0) is 11.2 Å². The van der Waals surface area contributed by atoms with Crippen molar-refractivity contribution >= 4 is 40.9 Å². The lowest BCUT2D eigenvalue weighted by Crippen LogP contribution is -2.25. The largest absolute Gasteiger partial charge is 0.477 e. The highest BCUT2D eigenvalue weighted by molar-refractivity contribution is 5.96. The Morgan fingerprint density at radius 1 is 1.00 bits per heavy atom. The van der Waals surface area contributed by atoms with E-state index in [4.69, 9.17) is 14.8 Å². The lowest BCUT2D eigenvalue weighted by Gasteiger charge is -2.25. The Labute approximate surface area is 218 Å². The van der Waals surface area contributed by atoms with E-state index < -0.39 is 5.97 Å². The summed E-state index contributed by atoms with van der Waals surface area (Å²) in [5.74, 6) is -1.26. The molecule has 0 aliphatic heterocycles. The maximum atomic E-state index is 13.0. The SMILES string of the molecule is CCCCN(CCCC)c1ccc2c(CC)c(/C=C/c3ccc(/C=C(\C#N)C(=O)O)cc3)c(=O)oc2c1. The van der Waals surface area contributed by atoms with Crippen LogP contribution in [0.5, 0.6) is 0 Å². The number of nitrogens with zero attached hydrogens (tertiary/aromatic N) is 2. The molecule has 0 amide bonds. The first kappa shape index (κ1) is 27.5. The van der Waals surface area contributed by atoms with Gasteiger partial charge in [-0.15, -0.1) is 0 Å². The number of carboxylic acid groups (broad SMARTS) is 1. The minimum atomic E-state index is -1.26. The molecule has 0 bridgehead atoms. The van der Waals surface area contributed by atoms with Crippen LogP contribution in [-0.4, -0.2) is 24.2 Å². The van der Waals surface area contributed by atoms with Gasteiger partial charge in [0.2, 0.25) is 0 Å². The fourth-order valence-electron chi connectivity index (χ4n) is 4.27. The highest BCUT2D eigenvalue weighted by Gasteiger charge is 2.14. The molecule has 6 heteroatoms. The third-order valence-electron chi connectivity index (χ3n) is 6.36. The molecule has 3 aromatic rings. The van der Waals surface area contributed by atoms with E-state index in [1.165, 1.54) is 6.08 Å². The van der Waals surface area contributed by atoms with Gasteiger partial charge in [-0.3, -0.25) is 0 Å². The molecule has 2 aromatic carbocycles. The average molecular weight is 499 g/mol. The average Bonchev–Trinajstić information content (AvgIpc) is 2.90. The number of aliphatic carboxylic acids is 1. The van der Waals surface area contributed by atoms with Gasteiger partial charge in [0.25, 0.3) is 0 Å². The molecule has 0 unspecified atom stereocenters. The summed E-state index contributed by atoms with van der Waals surface area (Å²) in [6.07, 6.45) is 10.1. The number of benzene rings is 2. The number of rotatable bonds is 12. The first-order chi connectivity index (χ1) is 17.9. The summed E-state index contributed by atoms with van der Waals surface area (Å²) in [7, 11) is 0. The van der Waals surface area contributed by atoms with Gasteiger partial charge in [-0.05, 0) is 60.2 Å². The summed E-state index contributed by atoms with van der Waals surface area (Å²) in [6.45, 7) is 8.38. The molecular weight excluding hydrogens is 464 g/mol. The first-order valence-electron chi connectivity index (χ1n) is 12.9.